The normalized spacial score (nSPS) is 18.5. The highest BCUT2D eigenvalue weighted by Crippen LogP contribution is 2.29. The molecule has 3 rings (SSSR count). The van der Waals surface area contributed by atoms with E-state index in [-0.39, 0.29) is 41.9 Å². The average Bonchev–Trinajstić information content (AvgIpc) is 3.03. The monoisotopic (exact) mass is 380 g/mol. The second-order valence-electron chi connectivity index (χ2n) is 6.63. The van der Waals surface area contributed by atoms with Gasteiger partial charge in [0.05, 0.1) is 17.6 Å². The fourth-order valence-electron chi connectivity index (χ4n) is 3.14. The number of sulfonamides is 1. The van der Waals surface area contributed by atoms with Gasteiger partial charge >= 0.3 is 0 Å². The molecule has 0 unspecified atom stereocenters. The van der Waals surface area contributed by atoms with E-state index in [4.69, 9.17) is 0 Å². The van der Waals surface area contributed by atoms with Gasteiger partial charge in [0.15, 0.2) is 5.82 Å². The van der Waals surface area contributed by atoms with Crippen LogP contribution < -0.4 is 5.32 Å². The van der Waals surface area contributed by atoms with E-state index >= 15 is 0 Å². The molecule has 1 aromatic heterocycles. The maximum absolute atomic E-state index is 14.2. The third kappa shape index (κ3) is 3.69. The van der Waals surface area contributed by atoms with Gasteiger partial charge in [0, 0.05) is 36.1 Å². The van der Waals surface area contributed by atoms with E-state index in [2.05, 4.69) is 10.3 Å². The van der Waals surface area contributed by atoms with Gasteiger partial charge in [0.2, 0.25) is 15.9 Å². The van der Waals surface area contributed by atoms with Crippen molar-refractivity contribution in [1.29, 1.82) is 0 Å². The first-order valence-corrected chi connectivity index (χ1v) is 9.69. The molecule has 1 aliphatic rings. The quantitative estimate of drug-likeness (QED) is 0.830. The van der Waals surface area contributed by atoms with Gasteiger partial charge in [0.25, 0.3) is 0 Å². The number of hydrogen-bond acceptors (Lipinski definition) is 5. The predicted molar refractivity (Wildman–Crippen MR) is 95.6 cm³/mol. The van der Waals surface area contributed by atoms with Gasteiger partial charge < -0.3 is 10.2 Å². The molecule has 1 amide bonds. The standard InChI is InChI=1S/C17H21FN4O3S/c1-21(2)11-16(23)20-13-6-7-22(10-13)26(24,25)15-5-3-4-12-8-19-9-14(18)17(12)15/h3-5,8-9,13H,6-7,10-11H2,1-2H3,(H,20,23)/t13-/m0/s1. The third-order valence-corrected chi connectivity index (χ3v) is 6.20. The number of nitrogens with zero attached hydrogens (tertiary/aromatic N) is 3. The van der Waals surface area contributed by atoms with Crippen LogP contribution in [0.15, 0.2) is 35.5 Å². The molecule has 0 radical (unpaired) electrons. The molecule has 0 aliphatic carbocycles. The summed E-state index contributed by atoms with van der Waals surface area (Å²) in [5, 5.41) is 3.32. The lowest BCUT2D eigenvalue weighted by Crippen LogP contribution is -2.42. The summed E-state index contributed by atoms with van der Waals surface area (Å²) in [6.45, 7) is 0.688. The van der Waals surface area contributed by atoms with Crippen LogP contribution in [0.1, 0.15) is 6.42 Å². The molecular formula is C17H21FN4O3S. The van der Waals surface area contributed by atoms with E-state index in [9.17, 15) is 17.6 Å². The molecule has 2 aromatic rings. The number of aromatic nitrogens is 1. The maximum Gasteiger partial charge on any atom is 0.243 e. The van der Waals surface area contributed by atoms with Crippen LogP contribution in [0.2, 0.25) is 0 Å². The fraction of sp³-hybridized carbons (Fsp3) is 0.412. The Bertz CT molecular complexity index is 927. The molecule has 2 heterocycles. The van der Waals surface area contributed by atoms with Crippen LogP contribution in [0.3, 0.4) is 0 Å². The van der Waals surface area contributed by atoms with Gasteiger partial charge in [-0.25, -0.2) is 12.8 Å². The molecule has 9 heteroatoms. The molecule has 0 spiro atoms. The zero-order valence-electron chi connectivity index (χ0n) is 14.6. The molecule has 0 saturated carbocycles. The second-order valence-corrected chi connectivity index (χ2v) is 8.54. The van der Waals surface area contributed by atoms with Crippen molar-refractivity contribution in [3.63, 3.8) is 0 Å². The minimum atomic E-state index is -3.88. The third-order valence-electron chi connectivity index (χ3n) is 4.29. The van der Waals surface area contributed by atoms with Crippen LogP contribution in [0.5, 0.6) is 0 Å². The van der Waals surface area contributed by atoms with Crippen molar-refractivity contribution in [3.8, 4) is 0 Å². The number of carbonyl (C=O) groups excluding carboxylic acids is 1. The number of carbonyl (C=O) groups is 1. The van der Waals surface area contributed by atoms with Crippen LogP contribution in [-0.2, 0) is 14.8 Å². The zero-order chi connectivity index (χ0) is 18.9. The van der Waals surface area contributed by atoms with Gasteiger partial charge in [-0.05, 0) is 26.6 Å². The number of pyridine rings is 1. The fourth-order valence-corrected chi connectivity index (χ4v) is 4.86. The Kier molecular flexibility index (Phi) is 5.22. The lowest BCUT2D eigenvalue weighted by atomic mass is 10.2. The summed E-state index contributed by atoms with van der Waals surface area (Å²) in [5.41, 5.74) is 0. The van der Waals surface area contributed by atoms with E-state index < -0.39 is 15.8 Å². The van der Waals surface area contributed by atoms with Gasteiger partial charge in [-0.1, -0.05) is 12.1 Å². The first kappa shape index (κ1) is 18.7. The molecule has 1 N–H and O–H groups in total. The Balaban J connectivity index is 1.83. The molecule has 1 atom stereocenters. The van der Waals surface area contributed by atoms with E-state index in [1.807, 2.05) is 0 Å². The van der Waals surface area contributed by atoms with Crippen molar-refractivity contribution < 1.29 is 17.6 Å². The summed E-state index contributed by atoms with van der Waals surface area (Å²) in [4.78, 5) is 17.3. The van der Waals surface area contributed by atoms with Gasteiger partial charge in [0.1, 0.15) is 0 Å². The van der Waals surface area contributed by atoms with Crippen molar-refractivity contribution >= 4 is 26.7 Å². The lowest BCUT2D eigenvalue weighted by molar-refractivity contribution is -0.122. The van der Waals surface area contributed by atoms with Gasteiger partial charge in [-0.3, -0.25) is 9.78 Å². The first-order chi connectivity index (χ1) is 12.3. The molecular weight excluding hydrogens is 359 g/mol. The average molecular weight is 380 g/mol. The molecule has 0 bridgehead atoms. The summed E-state index contributed by atoms with van der Waals surface area (Å²) in [7, 11) is -0.302. The number of rotatable bonds is 5. The highest BCUT2D eigenvalue weighted by molar-refractivity contribution is 7.89. The molecule has 26 heavy (non-hydrogen) atoms. The van der Waals surface area contributed by atoms with Crippen LogP contribution in [0, 0.1) is 5.82 Å². The van der Waals surface area contributed by atoms with Crippen molar-refractivity contribution in [2.45, 2.75) is 17.4 Å². The van der Waals surface area contributed by atoms with Crippen molar-refractivity contribution in [1.82, 2.24) is 19.5 Å². The predicted octanol–water partition coefficient (Wildman–Crippen LogP) is 0.815. The Morgan fingerprint density at radius 2 is 2.15 bits per heavy atom. The molecule has 1 fully saturated rings. The van der Waals surface area contributed by atoms with Crippen LogP contribution in [0.25, 0.3) is 10.8 Å². The minimum absolute atomic E-state index is 0.0441. The smallest absolute Gasteiger partial charge is 0.243 e. The summed E-state index contributed by atoms with van der Waals surface area (Å²) in [5.74, 6) is -0.821. The van der Waals surface area contributed by atoms with Gasteiger partial charge in [-0.2, -0.15) is 4.31 Å². The van der Waals surface area contributed by atoms with E-state index in [1.165, 1.54) is 16.6 Å². The number of halogens is 1. The van der Waals surface area contributed by atoms with Crippen molar-refractivity contribution in [2.75, 3.05) is 33.7 Å². The number of nitrogens with one attached hydrogen (secondary N) is 1. The molecule has 140 valence electrons. The molecule has 1 aliphatic heterocycles. The highest BCUT2D eigenvalue weighted by atomic mass is 32.2. The number of likely N-dealkylation sites (N-methyl/N-ethyl adjacent to an activating group) is 1. The van der Waals surface area contributed by atoms with E-state index in [0.717, 1.165) is 6.20 Å². The summed E-state index contributed by atoms with van der Waals surface area (Å²) in [6, 6.07) is 4.35. The Labute approximate surface area is 151 Å². The minimum Gasteiger partial charge on any atom is -0.351 e. The lowest BCUT2D eigenvalue weighted by Gasteiger charge is -2.19. The summed E-state index contributed by atoms with van der Waals surface area (Å²) < 4.78 is 41.6. The number of hydrogen-bond donors (Lipinski definition) is 1. The second kappa shape index (κ2) is 7.26. The first-order valence-electron chi connectivity index (χ1n) is 8.25. The Morgan fingerprint density at radius 1 is 1.38 bits per heavy atom. The van der Waals surface area contributed by atoms with Crippen LogP contribution in [0.4, 0.5) is 4.39 Å². The molecule has 1 aromatic carbocycles. The van der Waals surface area contributed by atoms with Crippen molar-refractivity contribution in [2.24, 2.45) is 0 Å². The Hall–Kier alpha value is -2.10. The summed E-state index contributed by atoms with van der Waals surface area (Å²) >= 11 is 0. The van der Waals surface area contributed by atoms with Gasteiger partial charge in [-0.15, -0.1) is 0 Å². The summed E-state index contributed by atoms with van der Waals surface area (Å²) in [6.07, 6.45) is 2.97. The number of fused-ring (bicyclic) bond motifs is 1. The SMILES string of the molecule is CN(C)CC(=O)N[C@H]1CCN(S(=O)(=O)c2cccc3cncc(F)c23)C1. The van der Waals surface area contributed by atoms with E-state index in [1.54, 1.807) is 31.1 Å². The maximum atomic E-state index is 14.2. The Morgan fingerprint density at radius 3 is 2.88 bits per heavy atom. The van der Waals surface area contributed by atoms with Crippen molar-refractivity contribution in [3.05, 3.63) is 36.4 Å². The van der Waals surface area contributed by atoms with Crippen LogP contribution >= 0.6 is 0 Å². The largest absolute Gasteiger partial charge is 0.351 e. The zero-order valence-corrected chi connectivity index (χ0v) is 15.5. The highest BCUT2D eigenvalue weighted by Gasteiger charge is 2.34. The topological polar surface area (TPSA) is 82.6 Å². The number of amides is 1. The van der Waals surface area contributed by atoms with E-state index in [0.29, 0.717) is 11.8 Å². The molecule has 7 nitrogen and oxygen atoms in total. The molecule has 1 saturated heterocycles. The van der Waals surface area contributed by atoms with Crippen LogP contribution in [-0.4, -0.2) is 68.3 Å². The number of benzene rings is 1.